The van der Waals surface area contributed by atoms with Crippen LogP contribution in [0.25, 0.3) is 0 Å². The number of fused-ring (bicyclic) bond motifs is 1. The van der Waals surface area contributed by atoms with E-state index in [1.165, 1.54) is 22.5 Å². The van der Waals surface area contributed by atoms with Crippen LogP contribution in [0, 0.1) is 5.82 Å². The Bertz CT molecular complexity index is 758. The molecule has 2 aromatic rings. The minimum Gasteiger partial charge on any atom is -0.265 e. The summed E-state index contributed by atoms with van der Waals surface area (Å²) in [7, 11) is -3.71. The van der Waals surface area contributed by atoms with Crippen LogP contribution in [0.5, 0.6) is 0 Å². The fourth-order valence-electron chi connectivity index (χ4n) is 2.56. The van der Waals surface area contributed by atoms with Crippen LogP contribution in [0.1, 0.15) is 18.4 Å². The molecule has 0 aromatic heterocycles. The molecule has 0 aliphatic carbocycles. The van der Waals surface area contributed by atoms with Crippen LogP contribution >= 0.6 is 0 Å². The standard InChI is InChI=1S/C15H14FNO2S/c1-11-10-17(15-8-3-2-7-14(11)15)20(18,19)13-6-4-5-12(16)9-13/h2-9,11H,10H2,1H3. The molecule has 0 saturated heterocycles. The van der Waals surface area contributed by atoms with Gasteiger partial charge in [0, 0.05) is 12.5 Å². The van der Waals surface area contributed by atoms with E-state index < -0.39 is 15.8 Å². The Labute approximate surface area is 117 Å². The van der Waals surface area contributed by atoms with Gasteiger partial charge < -0.3 is 0 Å². The number of hydrogen-bond donors (Lipinski definition) is 0. The monoisotopic (exact) mass is 291 g/mol. The van der Waals surface area contributed by atoms with Crippen molar-refractivity contribution in [3.8, 4) is 0 Å². The smallest absolute Gasteiger partial charge is 0.264 e. The van der Waals surface area contributed by atoms with Gasteiger partial charge >= 0.3 is 0 Å². The van der Waals surface area contributed by atoms with Gasteiger partial charge in [0.1, 0.15) is 5.82 Å². The third kappa shape index (κ3) is 1.98. The van der Waals surface area contributed by atoms with Gasteiger partial charge in [0.05, 0.1) is 10.6 Å². The van der Waals surface area contributed by atoms with Gasteiger partial charge in [-0.1, -0.05) is 31.2 Å². The molecule has 104 valence electrons. The Balaban J connectivity index is 2.10. The van der Waals surface area contributed by atoms with Crippen molar-refractivity contribution < 1.29 is 12.8 Å². The van der Waals surface area contributed by atoms with Gasteiger partial charge in [0.25, 0.3) is 10.0 Å². The number of benzene rings is 2. The lowest BCUT2D eigenvalue weighted by Gasteiger charge is -2.19. The van der Waals surface area contributed by atoms with Crippen molar-refractivity contribution in [1.29, 1.82) is 0 Å². The molecular weight excluding hydrogens is 277 g/mol. The fourth-order valence-corrected chi connectivity index (χ4v) is 4.17. The number of rotatable bonds is 2. The van der Waals surface area contributed by atoms with E-state index in [1.54, 1.807) is 6.07 Å². The number of anilines is 1. The molecule has 0 fully saturated rings. The average Bonchev–Trinajstić information content (AvgIpc) is 2.78. The SMILES string of the molecule is CC1CN(S(=O)(=O)c2cccc(F)c2)c2ccccc21. The first kappa shape index (κ1) is 13.1. The zero-order valence-corrected chi connectivity index (χ0v) is 11.8. The molecule has 1 unspecified atom stereocenters. The normalized spacial score (nSPS) is 18.1. The van der Waals surface area contributed by atoms with Gasteiger partial charge in [-0.15, -0.1) is 0 Å². The molecule has 20 heavy (non-hydrogen) atoms. The maximum atomic E-state index is 13.3. The highest BCUT2D eigenvalue weighted by Crippen LogP contribution is 2.39. The van der Waals surface area contributed by atoms with Crippen LogP contribution in [0.4, 0.5) is 10.1 Å². The van der Waals surface area contributed by atoms with E-state index in [0.29, 0.717) is 12.2 Å². The lowest BCUT2D eigenvalue weighted by molar-refractivity contribution is 0.586. The molecule has 3 rings (SSSR count). The fraction of sp³-hybridized carbons (Fsp3) is 0.200. The molecular formula is C15H14FNO2S. The summed E-state index contributed by atoms with van der Waals surface area (Å²) >= 11 is 0. The first-order valence-corrected chi connectivity index (χ1v) is 7.81. The molecule has 1 aliphatic heterocycles. The summed E-state index contributed by atoms with van der Waals surface area (Å²) in [6.07, 6.45) is 0. The van der Waals surface area contributed by atoms with E-state index in [0.717, 1.165) is 11.6 Å². The highest BCUT2D eigenvalue weighted by atomic mass is 32.2. The van der Waals surface area contributed by atoms with Crippen molar-refractivity contribution in [3.63, 3.8) is 0 Å². The maximum Gasteiger partial charge on any atom is 0.264 e. The minimum atomic E-state index is -3.71. The summed E-state index contributed by atoms with van der Waals surface area (Å²) in [5.41, 5.74) is 1.69. The molecule has 1 aliphatic rings. The van der Waals surface area contributed by atoms with E-state index >= 15 is 0 Å². The van der Waals surface area contributed by atoms with Crippen molar-refractivity contribution in [3.05, 3.63) is 59.9 Å². The predicted octanol–water partition coefficient (Wildman–Crippen LogP) is 3.14. The Kier molecular flexibility index (Phi) is 3.01. The van der Waals surface area contributed by atoms with Crippen LogP contribution in [0.2, 0.25) is 0 Å². The molecule has 1 atom stereocenters. The van der Waals surface area contributed by atoms with Crippen LogP contribution < -0.4 is 4.31 Å². The minimum absolute atomic E-state index is 0.0126. The first-order valence-electron chi connectivity index (χ1n) is 6.37. The summed E-state index contributed by atoms with van der Waals surface area (Å²) in [5.74, 6) is -0.416. The Morgan fingerprint density at radius 3 is 2.65 bits per heavy atom. The lowest BCUT2D eigenvalue weighted by atomic mass is 10.0. The van der Waals surface area contributed by atoms with E-state index in [1.807, 2.05) is 25.1 Å². The molecule has 3 nitrogen and oxygen atoms in total. The number of para-hydroxylation sites is 1. The summed E-state index contributed by atoms with van der Waals surface area (Å²) in [5, 5.41) is 0. The molecule has 0 spiro atoms. The maximum absolute atomic E-state index is 13.3. The molecule has 5 heteroatoms. The molecule has 0 saturated carbocycles. The van der Waals surface area contributed by atoms with Gasteiger partial charge in [-0.05, 0) is 29.8 Å². The summed E-state index contributed by atoms with van der Waals surface area (Å²) in [6, 6.07) is 12.5. The topological polar surface area (TPSA) is 37.4 Å². The van der Waals surface area contributed by atoms with Crippen LogP contribution in [0.15, 0.2) is 53.4 Å². The van der Waals surface area contributed by atoms with Crippen LogP contribution in [-0.4, -0.2) is 15.0 Å². The van der Waals surface area contributed by atoms with E-state index in [2.05, 4.69) is 0 Å². The molecule has 0 N–H and O–H groups in total. The van der Waals surface area contributed by atoms with Crippen molar-refractivity contribution in [2.24, 2.45) is 0 Å². The second-order valence-corrected chi connectivity index (χ2v) is 6.82. The van der Waals surface area contributed by atoms with E-state index in [-0.39, 0.29) is 10.8 Å². The van der Waals surface area contributed by atoms with Crippen LogP contribution in [-0.2, 0) is 10.0 Å². The van der Waals surface area contributed by atoms with Crippen molar-refractivity contribution in [2.75, 3.05) is 10.8 Å². The summed E-state index contributed by atoms with van der Waals surface area (Å²) < 4.78 is 39.9. The molecule has 0 bridgehead atoms. The molecule has 0 amide bonds. The van der Waals surface area contributed by atoms with Gasteiger partial charge in [-0.3, -0.25) is 4.31 Å². The van der Waals surface area contributed by atoms with E-state index in [9.17, 15) is 12.8 Å². The number of hydrogen-bond acceptors (Lipinski definition) is 2. The first-order chi connectivity index (χ1) is 9.50. The largest absolute Gasteiger partial charge is 0.265 e. The highest BCUT2D eigenvalue weighted by molar-refractivity contribution is 7.92. The van der Waals surface area contributed by atoms with Gasteiger partial charge in [-0.25, -0.2) is 12.8 Å². The van der Waals surface area contributed by atoms with Crippen molar-refractivity contribution in [1.82, 2.24) is 0 Å². The summed E-state index contributed by atoms with van der Waals surface area (Å²) in [6.45, 7) is 2.37. The summed E-state index contributed by atoms with van der Waals surface area (Å²) in [4.78, 5) is -0.0126. The van der Waals surface area contributed by atoms with Gasteiger partial charge in [0.2, 0.25) is 0 Å². The van der Waals surface area contributed by atoms with Crippen molar-refractivity contribution >= 4 is 15.7 Å². The second-order valence-electron chi connectivity index (χ2n) is 4.95. The third-order valence-corrected chi connectivity index (χ3v) is 5.34. The number of halogens is 1. The van der Waals surface area contributed by atoms with Crippen LogP contribution in [0.3, 0.4) is 0 Å². The quantitative estimate of drug-likeness (QED) is 0.852. The van der Waals surface area contributed by atoms with Crippen molar-refractivity contribution in [2.45, 2.75) is 17.7 Å². The van der Waals surface area contributed by atoms with Gasteiger partial charge in [-0.2, -0.15) is 0 Å². The molecule has 0 radical (unpaired) electrons. The zero-order chi connectivity index (χ0) is 14.3. The lowest BCUT2D eigenvalue weighted by Crippen LogP contribution is -2.29. The highest BCUT2D eigenvalue weighted by Gasteiger charge is 2.34. The average molecular weight is 291 g/mol. The number of nitrogens with zero attached hydrogens (tertiary/aromatic N) is 1. The van der Waals surface area contributed by atoms with E-state index in [4.69, 9.17) is 0 Å². The molecule has 1 heterocycles. The second kappa shape index (κ2) is 4.59. The third-order valence-electron chi connectivity index (χ3n) is 3.56. The Hall–Kier alpha value is -1.88. The molecule has 2 aromatic carbocycles. The zero-order valence-electron chi connectivity index (χ0n) is 11.0. The Morgan fingerprint density at radius 2 is 1.90 bits per heavy atom. The Morgan fingerprint density at radius 1 is 1.15 bits per heavy atom. The number of sulfonamides is 1. The predicted molar refractivity (Wildman–Crippen MR) is 75.8 cm³/mol. The van der Waals surface area contributed by atoms with Gasteiger partial charge in [0.15, 0.2) is 0 Å².